The van der Waals surface area contributed by atoms with Crippen LogP contribution in [0.4, 0.5) is 0 Å². The summed E-state index contributed by atoms with van der Waals surface area (Å²) < 4.78 is 1.55. The molecule has 0 aromatic carbocycles. The van der Waals surface area contributed by atoms with E-state index in [1.807, 2.05) is 11.8 Å². The number of halogens is 2. The van der Waals surface area contributed by atoms with Crippen LogP contribution in [0.2, 0.25) is 0 Å². The van der Waals surface area contributed by atoms with Crippen LogP contribution in [0.3, 0.4) is 0 Å². The Hall–Kier alpha value is 0.790. The Balaban J connectivity index is 2.34. The van der Waals surface area contributed by atoms with E-state index in [1.54, 1.807) is 0 Å². The highest BCUT2D eigenvalue weighted by Gasteiger charge is 2.54. The minimum atomic E-state index is 0.251. The largest absolute Gasteiger partial charge is 0.126 e. The molecule has 0 nitrogen and oxygen atoms in total. The highest BCUT2D eigenvalue weighted by atomic mass is 79.9. The van der Waals surface area contributed by atoms with Gasteiger partial charge in [0.2, 0.25) is 0 Å². The standard InChI is InChI=1S/C6H4Br2S/c7-4-2-1-3-6(8)5(4)9-6/h1-3,5H. The number of thioether (sulfide) groups is 1. The highest BCUT2D eigenvalue weighted by Crippen LogP contribution is 2.64. The lowest BCUT2D eigenvalue weighted by molar-refractivity contribution is 1.15. The molecule has 1 aliphatic heterocycles. The van der Waals surface area contributed by atoms with Crippen LogP contribution in [0.1, 0.15) is 0 Å². The van der Waals surface area contributed by atoms with E-state index in [1.165, 1.54) is 4.48 Å². The average molecular weight is 268 g/mol. The van der Waals surface area contributed by atoms with E-state index in [-0.39, 0.29) is 3.66 Å². The summed E-state index contributed by atoms with van der Waals surface area (Å²) in [4.78, 5) is 0. The second-order valence-corrected chi connectivity index (χ2v) is 6.24. The highest BCUT2D eigenvalue weighted by molar-refractivity contribution is 9.13. The Morgan fingerprint density at radius 1 is 1.67 bits per heavy atom. The fourth-order valence-electron chi connectivity index (χ4n) is 0.876. The molecular formula is C6H4Br2S. The number of hydrogen-bond donors (Lipinski definition) is 0. The van der Waals surface area contributed by atoms with Gasteiger partial charge < -0.3 is 0 Å². The van der Waals surface area contributed by atoms with Crippen molar-refractivity contribution in [3.8, 4) is 0 Å². The Kier molecular flexibility index (Phi) is 1.37. The predicted octanol–water partition coefficient (Wildman–Crippen LogP) is 3.04. The summed E-state index contributed by atoms with van der Waals surface area (Å²) >= 11 is 9.03. The third-order valence-corrected chi connectivity index (χ3v) is 5.38. The topological polar surface area (TPSA) is 0 Å². The van der Waals surface area contributed by atoms with Gasteiger partial charge in [-0.1, -0.05) is 50.1 Å². The summed E-state index contributed by atoms with van der Waals surface area (Å²) in [7, 11) is 0. The van der Waals surface area contributed by atoms with Crippen LogP contribution >= 0.6 is 43.6 Å². The van der Waals surface area contributed by atoms with Gasteiger partial charge in [-0.25, -0.2) is 0 Å². The zero-order valence-corrected chi connectivity index (χ0v) is 8.46. The van der Waals surface area contributed by atoms with Crippen LogP contribution in [-0.2, 0) is 0 Å². The maximum absolute atomic E-state index is 3.61. The summed E-state index contributed by atoms with van der Waals surface area (Å²) in [6.07, 6.45) is 6.37. The van der Waals surface area contributed by atoms with Crippen LogP contribution in [0.5, 0.6) is 0 Å². The zero-order chi connectivity index (χ0) is 6.48. The molecule has 0 spiro atoms. The lowest BCUT2D eigenvalue weighted by Gasteiger charge is -2.02. The molecule has 2 unspecified atom stereocenters. The maximum Gasteiger partial charge on any atom is 0.106 e. The maximum atomic E-state index is 3.61. The molecular weight excluding hydrogens is 264 g/mol. The second-order valence-electron chi connectivity index (χ2n) is 2.11. The first kappa shape index (κ1) is 6.50. The van der Waals surface area contributed by atoms with Gasteiger partial charge in [0.1, 0.15) is 3.66 Å². The van der Waals surface area contributed by atoms with Crippen molar-refractivity contribution < 1.29 is 0 Å². The Morgan fingerprint density at radius 2 is 2.44 bits per heavy atom. The molecule has 0 bridgehead atoms. The fourth-order valence-corrected chi connectivity index (χ4v) is 3.94. The number of alkyl halides is 1. The SMILES string of the molecule is BrC1=CC=CC2(Br)SC12. The van der Waals surface area contributed by atoms with E-state index in [9.17, 15) is 0 Å². The van der Waals surface area contributed by atoms with E-state index < -0.39 is 0 Å². The van der Waals surface area contributed by atoms with Crippen molar-refractivity contribution in [3.63, 3.8) is 0 Å². The molecule has 0 radical (unpaired) electrons. The van der Waals surface area contributed by atoms with Gasteiger partial charge in [0, 0.05) is 4.48 Å². The van der Waals surface area contributed by atoms with Gasteiger partial charge in [0.25, 0.3) is 0 Å². The minimum Gasteiger partial charge on any atom is -0.126 e. The molecule has 0 aromatic heterocycles. The van der Waals surface area contributed by atoms with Gasteiger partial charge in [-0.15, -0.1) is 11.8 Å². The Labute approximate surface area is 75.0 Å². The molecule has 0 N–H and O–H groups in total. The summed E-state index contributed by atoms with van der Waals surface area (Å²) in [6, 6.07) is 0. The van der Waals surface area contributed by atoms with Crippen LogP contribution < -0.4 is 0 Å². The van der Waals surface area contributed by atoms with Crippen LogP contribution in [0.25, 0.3) is 0 Å². The van der Waals surface area contributed by atoms with E-state index in [4.69, 9.17) is 0 Å². The van der Waals surface area contributed by atoms with E-state index in [0.717, 1.165) is 0 Å². The van der Waals surface area contributed by atoms with Crippen LogP contribution in [0, 0.1) is 0 Å². The Bertz CT molecular complexity index is 209. The summed E-state index contributed by atoms with van der Waals surface area (Å²) in [5.41, 5.74) is 0. The fraction of sp³-hybridized carbons (Fsp3) is 0.333. The molecule has 0 aromatic rings. The first-order valence-corrected chi connectivity index (χ1v) is 5.10. The summed E-state index contributed by atoms with van der Waals surface area (Å²) in [5, 5.41) is 0.641. The molecule has 9 heavy (non-hydrogen) atoms. The third kappa shape index (κ3) is 0.938. The molecule has 1 saturated heterocycles. The quantitative estimate of drug-likeness (QED) is 0.480. The molecule has 3 heteroatoms. The second kappa shape index (κ2) is 1.89. The molecule has 2 aliphatic rings. The normalized spacial score (nSPS) is 46.0. The van der Waals surface area contributed by atoms with Crippen molar-refractivity contribution in [2.24, 2.45) is 0 Å². The minimum absolute atomic E-state index is 0.251. The van der Waals surface area contributed by atoms with Gasteiger partial charge in [-0.2, -0.15) is 0 Å². The zero-order valence-electron chi connectivity index (χ0n) is 4.47. The molecule has 1 fully saturated rings. The van der Waals surface area contributed by atoms with E-state index in [2.05, 4.69) is 50.1 Å². The summed E-state index contributed by atoms with van der Waals surface area (Å²) in [6.45, 7) is 0. The van der Waals surface area contributed by atoms with Crippen molar-refractivity contribution >= 4 is 43.6 Å². The van der Waals surface area contributed by atoms with Crippen molar-refractivity contribution in [1.82, 2.24) is 0 Å². The predicted molar refractivity (Wildman–Crippen MR) is 49.2 cm³/mol. The Morgan fingerprint density at radius 3 is 3.00 bits per heavy atom. The first-order chi connectivity index (χ1) is 4.22. The van der Waals surface area contributed by atoms with Gasteiger partial charge >= 0.3 is 0 Å². The molecule has 0 saturated carbocycles. The van der Waals surface area contributed by atoms with Crippen LogP contribution in [-0.4, -0.2) is 8.91 Å². The van der Waals surface area contributed by atoms with E-state index in [0.29, 0.717) is 5.25 Å². The number of fused-ring (bicyclic) bond motifs is 1. The van der Waals surface area contributed by atoms with Crippen LogP contribution in [0.15, 0.2) is 22.7 Å². The summed E-state index contributed by atoms with van der Waals surface area (Å²) in [5.74, 6) is 0. The lowest BCUT2D eigenvalue weighted by atomic mass is 10.2. The first-order valence-electron chi connectivity index (χ1n) is 2.64. The molecule has 48 valence electrons. The van der Waals surface area contributed by atoms with Gasteiger partial charge in [0.05, 0.1) is 5.25 Å². The molecule has 0 amide bonds. The van der Waals surface area contributed by atoms with Crippen molar-refractivity contribution in [2.45, 2.75) is 8.91 Å². The van der Waals surface area contributed by atoms with Crippen molar-refractivity contribution in [2.75, 3.05) is 0 Å². The molecule has 2 rings (SSSR count). The molecule has 1 aliphatic carbocycles. The lowest BCUT2D eigenvalue weighted by Crippen LogP contribution is -2.03. The van der Waals surface area contributed by atoms with E-state index >= 15 is 0 Å². The monoisotopic (exact) mass is 266 g/mol. The smallest absolute Gasteiger partial charge is 0.106 e. The number of rotatable bonds is 0. The molecule has 1 heterocycles. The third-order valence-electron chi connectivity index (χ3n) is 1.43. The van der Waals surface area contributed by atoms with Gasteiger partial charge in [-0.3, -0.25) is 0 Å². The number of hydrogen-bond acceptors (Lipinski definition) is 1. The number of allylic oxidation sites excluding steroid dienone is 2. The van der Waals surface area contributed by atoms with Crippen molar-refractivity contribution in [3.05, 3.63) is 22.7 Å². The average Bonchev–Trinajstić information content (AvgIpc) is 2.43. The van der Waals surface area contributed by atoms with Gasteiger partial charge in [-0.05, 0) is 0 Å². The molecule has 2 atom stereocenters. The van der Waals surface area contributed by atoms with Crippen molar-refractivity contribution in [1.29, 1.82) is 0 Å². The van der Waals surface area contributed by atoms with Gasteiger partial charge in [0.15, 0.2) is 0 Å².